The molecule has 126 valence electrons. The predicted octanol–water partition coefficient (Wildman–Crippen LogP) is 4.86. The van der Waals surface area contributed by atoms with Gasteiger partial charge in [0.2, 0.25) is 0 Å². The lowest BCUT2D eigenvalue weighted by Gasteiger charge is -2.10. The Labute approximate surface area is 150 Å². The van der Waals surface area contributed by atoms with E-state index < -0.39 is 0 Å². The van der Waals surface area contributed by atoms with Crippen LogP contribution in [0.15, 0.2) is 59.8 Å². The number of hydrogen-bond acceptors (Lipinski definition) is 4. The average Bonchev–Trinajstić information content (AvgIpc) is 3.07. The Kier molecular flexibility index (Phi) is 5.81. The lowest BCUT2D eigenvalue weighted by molar-refractivity contribution is 0.628. The predicted molar refractivity (Wildman–Crippen MR) is 96.9 cm³/mol. The second-order valence-corrected chi connectivity index (χ2v) is 6.51. The van der Waals surface area contributed by atoms with Crippen molar-refractivity contribution in [2.75, 3.05) is 5.75 Å². The van der Waals surface area contributed by atoms with Gasteiger partial charge in [-0.05, 0) is 49.2 Å². The molecule has 0 bridgehead atoms. The molecule has 0 radical (unpaired) electrons. The van der Waals surface area contributed by atoms with Crippen molar-refractivity contribution in [1.29, 1.82) is 5.26 Å². The molecule has 0 unspecified atom stereocenters. The molecule has 3 rings (SSSR count). The van der Waals surface area contributed by atoms with Gasteiger partial charge in [-0.15, -0.1) is 10.2 Å². The molecule has 0 aliphatic rings. The SMILES string of the molecule is N#CCCCCSc1nnc(-c2ccc(F)cc2)n1-c1ccccc1. The first kappa shape index (κ1) is 17.2. The van der Waals surface area contributed by atoms with Gasteiger partial charge in [0, 0.05) is 23.4 Å². The van der Waals surface area contributed by atoms with Crippen LogP contribution in [0.5, 0.6) is 0 Å². The average molecular weight is 352 g/mol. The zero-order valence-electron chi connectivity index (χ0n) is 13.6. The van der Waals surface area contributed by atoms with Crippen molar-refractivity contribution in [2.24, 2.45) is 0 Å². The maximum absolute atomic E-state index is 13.2. The van der Waals surface area contributed by atoms with Gasteiger partial charge in [-0.25, -0.2) is 4.39 Å². The van der Waals surface area contributed by atoms with Crippen molar-refractivity contribution in [3.63, 3.8) is 0 Å². The standard InChI is InChI=1S/C19H17FN4S/c20-16-11-9-15(10-12-16)18-22-23-19(25-14-6-2-5-13-21)24(18)17-7-3-1-4-8-17/h1,3-4,7-12H,2,5-6,14H2. The number of para-hydroxylation sites is 1. The second kappa shape index (κ2) is 8.45. The molecule has 0 spiro atoms. The van der Waals surface area contributed by atoms with Gasteiger partial charge in [0.25, 0.3) is 0 Å². The van der Waals surface area contributed by atoms with Crippen molar-refractivity contribution < 1.29 is 4.39 Å². The van der Waals surface area contributed by atoms with E-state index in [4.69, 9.17) is 5.26 Å². The van der Waals surface area contributed by atoms with Gasteiger partial charge in [-0.1, -0.05) is 30.0 Å². The highest BCUT2D eigenvalue weighted by atomic mass is 32.2. The normalized spacial score (nSPS) is 10.6. The third-order valence-electron chi connectivity index (χ3n) is 3.66. The molecule has 1 aromatic heterocycles. The zero-order chi connectivity index (χ0) is 17.5. The van der Waals surface area contributed by atoms with Crippen LogP contribution in [0, 0.1) is 17.1 Å². The van der Waals surface area contributed by atoms with Crippen LogP contribution in [0.25, 0.3) is 17.1 Å². The topological polar surface area (TPSA) is 54.5 Å². The Balaban J connectivity index is 1.91. The summed E-state index contributed by atoms with van der Waals surface area (Å²) in [6, 6.07) is 18.3. The van der Waals surface area contributed by atoms with Crippen LogP contribution in [-0.4, -0.2) is 20.5 Å². The summed E-state index contributed by atoms with van der Waals surface area (Å²) in [5, 5.41) is 18.1. The molecule has 6 heteroatoms. The molecule has 4 nitrogen and oxygen atoms in total. The number of benzene rings is 2. The Morgan fingerprint density at radius 1 is 1.00 bits per heavy atom. The van der Waals surface area contributed by atoms with Gasteiger partial charge in [-0.3, -0.25) is 4.57 Å². The van der Waals surface area contributed by atoms with Crippen LogP contribution in [0.4, 0.5) is 4.39 Å². The number of nitrogens with zero attached hydrogens (tertiary/aromatic N) is 4. The molecule has 2 aromatic carbocycles. The minimum absolute atomic E-state index is 0.276. The molecule has 0 amide bonds. The minimum atomic E-state index is -0.276. The Morgan fingerprint density at radius 3 is 2.48 bits per heavy atom. The van der Waals surface area contributed by atoms with Gasteiger partial charge >= 0.3 is 0 Å². The largest absolute Gasteiger partial charge is 0.270 e. The van der Waals surface area contributed by atoms with E-state index in [0.29, 0.717) is 12.2 Å². The minimum Gasteiger partial charge on any atom is -0.270 e. The third kappa shape index (κ3) is 4.25. The molecule has 0 aliphatic heterocycles. The lowest BCUT2D eigenvalue weighted by Crippen LogP contribution is -2.00. The van der Waals surface area contributed by atoms with Gasteiger partial charge in [-0.2, -0.15) is 5.26 Å². The van der Waals surface area contributed by atoms with Gasteiger partial charge in [0.1, 0.15) is 5.82 Å². The first-order valence-corrected chi connectivity index (χ1v) is 9.04. The molecule has 1 heterocycles. The summed E-state index contributed by atoms with van der Waals surface area (Å²) in [6.45, 7) is 0. The van der Waals surface area contributed by atoms with Crippen LogP contribution in [0.3, 0.4) is 0 Å². The molecule has 0 saturated carbocycles. The molecule has 0 aliphatic carbocycles. The van der Waals surface area contributed by atoms with Crippen molar-refractivity contribution >= 4 is 11.8 Å². The maximum atomic E-state index is 13.2. The molecular weight excluding hydrogens is 335 g/mol. The number of aromatic nitrogens is 3. The van der Waals surface area contributed by atoms with Crippen molar-refractivity contribution in [3.05, 3.63) is 60.4 Å². The number of halogens is 1. The summed E-state index contributed by atoms with van der Waals surface area (Å²) in [5.74, 6) is 1.28. The molecule has 0 N–H and O–H groups in total. The summed E-state index contributed by atoms with van der Waals surface area (Å²) in [4.78, 5) is 0. The van der Waals surface area contributed by atoms with Crippen molar-refractivity contribution in [1.82, 2.24) is 14.8 Å². The summed E-state index contributed by atoms with van der Waals surface area (Å²) in [6.07, 6.45) is 2.41. The van der Waals surface area contributed by atoms with E-state index >= 15 is 0 Å². The van der Waals surface area contributed by atoms with E-state index in [2.05, 4.69) is 16.3 Å². The van der Waals surface area contributed by atoms with Crippen LogP contribution in [0.1, 0.15) is 19.3 Å². The van der Waals surface area contributed by atoms with Crippen LogP contribution >= 0.6 is 11.8 Å². The van der Waals surface area contributed by atoms with Gasteiger partial charge in [0.05, 0.1) is 6.07 Å². The fourth-order valence-corrected chi connectivity index (χ4v) is 3.38. The highest BCUT2D eigenvalue weighted by Gasteiger charge is 2.15. The van der Waals surface area contributed by atoms with Crippen LogP contribution in [0.2, 0.25) is 0 Å². The molecule has 0 fully saturated rings. The van der Waals surface area contributed by atoms with E-state index in [1.807, 2.05) is 34.9 Å². The lowest BCUT2D eigenvalue weighted by atomic mass is 10.2. The number of thioether (sulfide) groups is 1. The van der Waals surface area contributed by atoms with E-state index in [0.717, 1.165) is 35.0 Å². The monoisotopic (exact) mass is 352 g/mol. The fourth-order valence-electron chi connectivity index (χ4n) is 2.43. The van der Waals surface area contributed by atoms with E-state index in [1.54, 1.807) is 23.9 Å². The highest BCUT2D eigenvalue weighted by Crippen LogP contribution is 2.28. The van der Waals surface area contributed by atoms with E-state index in [9.17, 15) is 4.39 Å². The first-order valence-electron chi connectivity index (χ1n) is 8.06. The first-order chi connectivity index (χ1) is 12.3. The molecular formula is C19H17FN4S. The Bertz CT molecular complexity index is 853. The van der Waals surface area contributed by atoms with Gasteiger partial charge in [0.15, 0.2) is 11.0 Å². The van der Waals surface area contributed by atoms with Gasteiger partial charge < -0.3 is 0 Å². The quantitative estimate of drug-likeness (QED) is 0.450. The number of rotatable bonds is 7. The maximum Gasteiger partial charge on any atom is 0.196 e. The molecule has 3 aromatic rings. The van der Waals surface area contributed by atoms with E-state index in [-0.39, 0.29) is 5.82 Å². The highest BCUT2D eigenvalue weighted by molar-refractivity contribution is 7.99. The Morgan fingerprint density at radius 2 is 1.76 bits per heavy atom. The summed E-state index contributed by atoms with van der Waals surface area (Å²) in [7, 11) is 0. The second-order valence-electron chi connectivity index (χ2n) is 5.45. The molecule has 0 saturated heterocycles. The van der Waals surface area contributed by atoms with Crippen molar-refractivity contribution in [3.8, 4) is 23.1 Å². The smallest absolute Gasteiger partial charge is 0.196 e. The Hall–Kier alpha value is -2.65. The number of hydrogen-bond donors (Lipinski definition) is 0. The molecule has 0 atom stereocenters. The third-order valence-corrected chi connectivity index (χ3v) is 4.68. The summed E-state index contributed by atoms with van der Waals surface area (Å²) in [5.41, 5.74) is 1.78. The van der Waals surface area contributed by atoms with Crippen LogP contribution in [-0.2, 0) is 0 Å². The van der Waals surface area contributed by atoms with Crippen molar-refractivity contribution in [2.45, 2.75) is 24.4 Å². The number of nitriles is 1. The van der Waals surface area contributed by atoms with Crippen LogP contribution < -0.4 is 0 Å². The summed E-state index contributed by atoms with van der Waals surface area (Å²) >= 11 is 1.62. The summed E-state index contributed by atoms with van der Waals surface area (Å²) < 4.78 is 15.2. The zero-order valence-corrected chi connectivity index (χ0v) is 14.4. The fraction of sp³-hybridized carbons (Fsp3) is 0.211. The van der Waals surface area contributed by atoms with E-state index in [1.165, 1.54) is 12.1 Å². The molecule has 25 heavy (non-hydrogen) atoms. The number of unbranched alkanes of at least 4 members (excludes halogenated alkanes) is 2.